The summed E-state index contributed by atoms with van der Waals surface area (Å²) in [5.74, 6) is 0.942. The van der Waals surface area contributed by atoms with Crippen molar-refractivity contribution in [3.63, 3.8) is 0 Å². The molecule has 2 aromatic carbocycles. The number of hydrogen-bond acceptors (Lipinski definition) is 3. The molecule has 3 aromatic rings. The molecule has 0 aliphatic rings. The van der Waals surface area contributed by atoms with Crippen LogP contribution in [-0.4, -0.2) is 11.6 Å². The first kappa shape index (κ1) is 15.2. The highest BCUT2D eigenvalue weighted by molar-refractivity contribution is 5.83. The lowest BCUT2D eigenvalue weighted by Crippen LogP contribution is -2.04. The van der Waals surface area contributed by atoms with E-state index in [1.54, 1.807) is 12.1 Å². The molecule has 1 heterocycles. The van der Waals surface area contributed by atoms with Crippen LogP contribution in [0, 0.1) is 6.92 Å². The summed E-state index contributed by atoms with van der Waals surface area (Å²) in [7, 11) is 0. The number of para-hydroxylation sites is 1. The molecule has 1 N–H and O–H groups in total. The minimum Gasteiger partial charge on any atom is -0.435 e. The summed E-state index contributed by atoms with van der Waals surface area (Å²) in [4.78, 5) is 4.57. The van der Waals surface area contributed by atoms with Crippen LogP contribution in [0.5, 0.6) is 5.75 Å². The van der Waals surface area contributed by atoms with Crippen molar-refractivity contribution in [2.75, 3.05) is 5.32 Å². The van der Waals surface area contributed by atoms with E-state index in [1.165, 1.54) is 12.1 Å². The average molecular weight is 314 g/mol. The summed E-state index contributed by atoms with van der Waals surface area (Å²) < 4.78 is 28.6. The number of aromatic nitrogens is 1. The summed E-state index contributed by atoms with van der Waals surface area (Å²) in [6.07, 6.45) is 0. The Hall–Kier alpha value is -2.69. The van der Waals surface area contributed by atoms with E-state index in [2.05, 4.69) is 15.0 Å². The highest BCUT2D eigenvalue weighted by Gasteiger charge is 2.05. The van der Waals surface area contributed by atoms with Crippen LogP contribution >= 0.6 is 0 Å². The van der Waals surface area contributed by atoms with E-state index in [-0.39, 0.29) is 5.75 Å². The van der Waals surface area contributed by atoms with Crippen molar-refractivity contribution in [2.24, 2.45) is 0 Å². The van der Waals surface area contributed by atoms with Gasteiger partial charge < -0.3 is 10.1 Å². The monoisotopic (exact) mass is 314 g/mol. The van der Waals surface area contributed by atoms with Gasteiger partial charge in [-0.25, -0.2) is 4.98 Å². The third kappa shape index (κ3) is 3.74. The van der Waals surface area contributed by atoms with Crippen LogP contribution in [0.1, 0.15) is 11.1 Å². The van der Waals surface area contributed by atoms with Gasteiger partial charge in [-0.05, 0) is 42.3 Å². The molecule has 0 amide bonds. The Balaban J connectivity index is 1.70. The summed E-state index contributed by atoms with van der Waals surface area (Å²) >= 11 is 0. The fourth-order valence-electron chi connectivity index (χ4n) is 2.42. The van der Waals surface area contributed by atoms with Crippen molar-refractivity contribution >= 4 is 16.7 Å². The van der Waals surface area contributed by atoms with Crippen molar-refractivity contribution in [3.05, 3.63) is 65.7 Å². The van der Waals surface area contributed by atoms with Gasteiger partial charge in [0, 0.05) is 11.9 Å². The number of aryl methyl sites for hydroxylation is 1. The molecule has 3 nitrogen and oxygen atoms in total. The van der Waals surface area contributed by atoms with Gasteiger partial charge in [0.15, 0.2) is 0 Å². The number of fused-ring (bicyclic) bond motifs is 1. The zero-order chi connectivity index (χ0) is 16.2. The second kappa shape index (κ2) is 6.60. The van der Waals surface area contributed by atoms with Crippen LogP contribution in [0.15, 0.2) is 54.6 Å². The number of pyridine rings is 1. The molecule has 23 heavy (non-hydrogen) atoms. The minimum absolute atomic E-state index is 0.156. The van der Waals surface area contributed by atoms with E-state index < -0.39 is 6.61 Å². The van der Waals surface area contributed by atoms with Gasteiger partial charge in [0.25, 0.3) is 0 Å². The first-order chi connectivity index (χ1) is 11.1. The molecule has 0 saturated carbocycles. The molecule has 0 saturated heterocycles. The van der Waals surface area contributed by atoms with Gasteiger partial charge in [0.05, 0.1) is 5.52 Å². The smallest absolute Gasteiger partial charge is 0.387 e. The number of hydrogen-bond donors (Lipinski definition) is 1. The summed E-state index contributed by atoms with van der Waals surface area (Å²) in [6, 6.07) is 16.5. The second-order valence-corrected chi connectivity index (χ2v) is 5.22. The average Bonchev–Trinajstić information content (AvgIpc) is 2.54. The fraction of sp³-hybridized carbons (Fsp3) is 0.167. The van der Waals surface area contributed by atoms with E-state index in [0.717, 1.165) is 27.8 Å². The van der Waals surface area contributed by atoms with Gasteiger partial charge in [-0.2, -0.15) is 8.78 Å². The van der Waals surface area contributed by atoms with Gasteiger partial charge >= 0.3 is 6.61 Å². The lowest BCUT2D eigenvalue weighted by atomic mass is 10.1. The predicted octanol–water partition coefficient (Wildman–Crippen LogP) is 4.76. The number of nitrogens with zero attached hydrogens (tertiary/aromatic N) is 1. The lowest BCUT2D eigenvalue weighted by molar-refractivity contribution is -0.0498. The van der Waals surface area contributed by atoms with Crippen LogP contribution < -0.4 is 10.1 Å². The molecule has 0 unspecified atom stereocenters. The zero-order valence-corrected chi connectivity index (χ0v) is 12.6. The quantitative estimate of drug-likeness (QED) is 0.737. The molecule has 0 bridgehead atoms. The third-order valence-corrected chi connectivity index (χ3v) is 3.55. The standard InChI is InChI=1S/C18H16F2N2O/c1-12-10-17(22-16-5-3-2-4-15(12)16)21-11-13-6-8-14(9-7-13)23-18(19)20/h2-10,18H,11H2,1H3,(H,21,22). The van der Waals surface area contributed by atoms with Crippen molar-refractivity contribution in [2.45, 2.75) is 20.1 Å². The van der Waals surface area contributed by atoms with Crippen LogP contribution in [0.3, 0.4) is 0 Å². The van der Waals surface area contributed by atoms with Gasteiger partial charge in [0.2, 0.25) is 0 Å². The Kier molecular flexibility index (Phi) is 4.37. The highest BCUT2D eigenvalue weighted by atomic mass is 19.3. The van der Waals surface area contributed by atoms with Crippen LogP contribution in [0.4, 0.5) is 14.6 Å². The molecule has 0 aliphatic carbocycles. The van der Waals surface area contributed by atoms with Crippen molar-refractivity contribution in [1.29, 1.82) is 0 Å². The maximum Gasteiger partial charge on any atom is 0.387 e. The highest BCUT2D eigenvalue weighted by Crippen LogP contribution is 2.20. The number of anilines is 1. The zero-order valence-electron chi connectivity index (χ0n) is 12.6. The summed E-state index contributed by atoms with van der Waals surface area (Å²) in [5, 5.41) is 4.39. The molecule has 0 fully saturated rings. The predicted molar refractivity (Wildman–Crippen MR) is 86.9 cm³/mol. The topological polar surface area (TPSA) is 34.1 Å². The molecule has 0 atom stereocenters. The van der Waals surface area contributed by atoms with Gasteiger partial charge in [-0.15, -0.1) is 0 Å². The summed E-state index contributed by atoms with van der Waals surface area (Å²) in [5.41, 5.74) is 3.05. The number of alkyl halides is 2. The molecule has 0 spiro atoms. The van der Waals surface area contributed by atoms with E-state index >= 15 is 0 Å². The third-order valence-electron chi connectivity index (χ3n) is 3.55. The van der Waals surface area contributed by atoms with E-state index in [0.29, 0.717) is 6.54 Å². The van der Waals surface area contributed by atoms with E-state index in [4.69, 9.17) is 0 Å². The minimum atomic E-state index is -2.80. The molecule has 0 radical (unpaired) electrons. The molecule has 1 aromatic heterocycles. The van der Waals surface area contributed by atoms with Crippen LogP contribution in [0.25, 0.3) is 10.9 Å². The molecule has 3 rings (SSSR count). The van der Waals surface area contributed by atoms with Gasteiger partial charge in [0.1, 0.15) is 11.6 Å². The maximum atomic E-state index is 12.1. The Morgan fingerprint density at radius 1 is 1.09 bits per heavy atom. The largest absolute Gasteiger partial charge is 0.435 e. The SMILES string of the molecule is Cc1cc(NCc2ccc(OC(F)F)cc2)nc2ccccc12. The van der Waals surface area contributed by atoms with E-state index in [9.17, 15) is 8.78 Å². The van der Waals surface area contributed by atoms with Gasteiger partial charge in [-0.1, -0.05) is 30.3 Å². The van der Waals surface area contributed by atoms with E-state index in [1.807, 2.05) is 37.3 Å². The normalized spacial score (nSPS) is 11.0. The van der Waals surface area contributed by atoms with Crippen molar-refractivity contribution in [3.8, 4) is 5.75 Å². The second-order valence-electron chi connectivity index (χ2n) is 5.22. The van der Waals surface area contributed by atoms with Crippen LogP contribution in [-0.2, 0) is 6.54 Å². The number of nitrogens with one attached hydrogen (secondary N) is 1. The van der Waals surface area contributed by atoms with Gasteiger partial charge in [-0.3, -0.25) is 0 Å². The Morgan fingerprint density at radius 3 is 2.57 bits per heavy atom. The van der Waals surface area contributed by atoms with Crippen molar-refractivity contribution in [1.82, 2.24) is 4.98 Å². The Bertz CT molecular complexity index is 804. The first-order valence-corrected chi connectivity index (χ1v) is 7.26. The molecule has 5 heteroatoms. The molecular formula is C18H16F2N2O. The number of rotatable bonds is 5. The maximum absolute atomic E-state index is 12.1. The molecular weight excluding hydrogens is 298 g/mol. The van der Waals surface area contributed by atoms with Crippen molar-refractivity contribution < 1.29 is 13.5 Å². The van der Waals surface area contributed by atoms with Crippen LogP contribution in [0.2, 0.25) is 0 Å². The fourth-order valence-corrected chi connectivity index (χ4v) is 2.42. The number of ether oxygens (including phenoxy) is 1. The summed E-state index contributed by atoms with van der Waals surface area (Å²) in [6.45, 7) is -0.199. The number of halogens is 2. The first-order valence-electron chi connectivity index (χ1n) is 7.26. The molecule has 118 valence electrons. The number of benzene rings is 2. The Labute approximate surface area is 132 Å². The Morgan fingerprint density at radius 2 is 1.83 bits per heavy atom. The lowest BCUT2D eigenvalue weighted by Gasteiger charge is -2.10. The molecule has 0 aliphatic heterocycles.